The van der Waals surface area contributed by atoms with Gasteiger partial charge in [0.1, 0.15) is 5.60 Å². The Morgan fingerprint density at radius 2 is 1.94 bits per heavy atom. The molecule has 104 valence electrons. The second-order valence-corrected chi connectivity index (χ2v) is 5.56. The fraction of sp³-hybridized carbons (Fsp3) is 0.727. The molecule has 0 aromatic heterocycles. The maximum absolute atomic E-state index is 12.5. The third kappa shape index (κ3) is 3.96. The van der Waals surface area contributed by atoms with E-state index in [9.17, 15) is 17.7 Å². The van der Waals surface area contributed by atoms with E-state index >= 15 is 0 Å². The minimum atomic E-state index is -5.03. The summed E-state index contributed by atoms with van der Waals surface area (Å²) < 4.78 is 42.7. The second-order valence-electron chi connectivity index (χ2n) is 5.56. The summed E-state index contributed by atoms with van der Waals surface area (Å²) in [5.74, 6) is -0.697. The first-order valence-corrected chi connectivity index (χ1v) is 5.87. The van der Waals surface area contributed by atoms with E-state index in [1.54, 1.807) is 20.8 Å². The van der Waals surface area contributed by atoms with Crippen molar-refractivity contribution in [1.82, 2.24) is 4.90 Å². The van der Waals surface area contributed by atoms with E-state index in [1.807, 2.05) is 0 Å². The topological polar surface area (TPSA) is 29.5 Å². The third-order valence-corrected chi connectivity index (χ3v) is 2.78. The highest BCUT2D eigenvalue weighted by molar-refractivity contribution is 6.66. The molecule has 0 saturated carbocycles. The molecule has 1 aliphatic rings. The summed E-state index contributed by atoms with van der Waals surface area (Å²) in [6.45, 7) is 3.54. The van der Waals surface area contributed by atoms with Crippen molar-refractivity contribution < 1.29 is 22.5 Å². The molecule has 0 bridgehead atoms. The summed E-state index contributed by atoms with van der Waals surface area (Å²) in [5, 5.41) is 0. The van der Waals surface area contributed by atoms with Crippen LogP contribution in [0.5, 0.6) is 0 Å². The SMILES string of the molecule is C=C(C1CCN(C(=O)OC(C)(C)C)C1)[B-](F)(F)F. The van der Waals surface area contributed by atoms with Crippen LogP contribution in [0.2, 0.25) is 0 Å². The predicted molar refractivity (Wildman–Crippen MR) is 64.1 cm³/mol. The molecule has 0 radical (unpaired) electrons. The van der Waals surface area contributed by atoms with E-state index in [1.165, 1.54) is 4.90 Å². The van der Waals surface area contributed by atoms with Crippen LogP contribution < -0.4 is 0 Å². The molecule has 0 aromatic carbocycles. The molecule has 18 heavy (non-hydrogen) atoms. The van der Waals surface area contributed by atoms with Crippen molar-refractivity contribution >= 4 is 13.1 Å². The van der Waals surface area contributed by atoms with Crippen LogP contribution in [0.4, 0.5) is 17.7 Å². The highest BCUT2D eigenvalue weighted by Gasteiger charge is 2.37. The number of nitrogens with zero attached hydrogens (tertiary/aromatic N) is 1. The number of amides is 1. The van der Waals surface area contributed by atoms with Crippen molar-refractivity contribution in [2.75, 3.05) is 13.1 Å². The number of hydrogen-bond acceptors (Lipinski definition) is 2. The third-order valence-electron chi connectivity index (χ3n) is 2.78. The van der Waals surface area contributed by atoms with Gasteiger partial charge in [-0.3, -0.25) is 0 Å². The van der Waals surface area contributed by atoms with Crippen molar-refractivity contribution in [2.45, 2.75) is 32.8 Å². The zero-order valence-electron chi connectivity index (χ0n) is 10.9. The summed E-state index contributed by atoms with van der Waals surface area (Å²) in [4.78, 5) is 13.0. The molecule has 0 aliphatic carbocycles. The maximum Gasteiger partial charge on any atom is 0.505 e. The summed E-state index contributed by atoms with van der Waals surface area (Å²) >= 11 is 0. The van der Waals surface area contributed by atoms with E-state index in [0.29, 0.717) is 6.42 Å². The first-order valence-electron chi connectivity index (χ1n) is 5.87. The fourth-order valence-corrected chi connectivity index (χ4v) is 1.82. The van der Waals surface area contributed by atoms with E-state index in [4.69, 9.17) is 4.74 Å². The average Bonchev–Trinajstić information content (AvgIpc) is 2.60. The predicted octanol–water partition coefficient (Wildman–Crippen LogP) is 3.19. The van der Waals surface area contributed by atoms with Gasteiger partial charge < -0.3 is 22.6 Å². The lowest BCUT2D eigenvalue weighted by molar-refractivity contribution is 0.0290. The number of likely N-dealkylation sites (tertiary alicyclic amines) is 1. The van der Waals surface area contributed by atoms with Gasteiger partial charge in [0.15, 0.2) is 0 Å². The van der Waals surface area contributed by atoms with Gasteiger partial charge in [0.05, 0.1) is 0 Å². The van der Waals surface area contributed by atoms with Crippen LogP contribution in [0.25, 0.3) is 0 Å². The average molecular weight is 264 g/mol. The first kappa shape index (κ1) is 14.9. The number of halogens is 3. The van der Waals surface area contributed by atoms with Crippen LogP contribution in [0, 0.1) is 5.92 Å². The van der Waals surface area contributed by atoms with E-state index in [-0.39, 0.29) is 13.1 Å². The zero-order chi connectivity index (χ0) is 14.1. The molecule has 1 heterocycles. The molecule has 0 spiro atoms. The van der Waals surface area contributed by atoms with E-state index in [0.717, 1.165) is 0 Å². The van der Waals surface area contributed by atoms with Gasteiger partial charge in [-0.25, -0.2) is 4.79 Å². The Morgan fingerprint density at radius 3 is 2.39 bits per heavy atom. The summed E-state index contributed by atoms with van der Waals surface area (Å²) in [5.41, 5.74) is -1.35. The molecule has 1 aliphatic heterocycles. The lowest BCUT2D eigenvalue weighted by Gasteiger charge is -2.26. The number of carbonyl (C=O) groups excluding carboxylic acids is 1. The molecule has 1 rings (SSSR count). The number of hydrogen-bond donors (Lipinski definition) is 0. The van der Waals surface area contributed by atoms with Gasteiger partial charge in [-0.05, 0) is 33.1 Å². The van der Waals surface area contributed by atoms with Crippen LogP contribution >= 0.6 is 0 Å². The van der Waals surface area contributed by atoms with Gasteiger partial charge >= 0.3 is 13.1 Å². The second kappa shape index (κ2) is 4.86. The number of ether oxygens (including phenoxy) is 1. The Kier molecular flexibility index (Phi) is 4.03. The molecule has 0 aromatic rings. The number of carbonyl (C=O) groups is 1. The van der Waals surface area contributed by atoms with Crippen LogP contribution in [0.3, 0.4) is 0 Å². The van der Waals surface area contributed by atoms with Crippen molar-refractivity contribution in [3.63, 3.8) is 0 Å². The number of rotatable bonds is 2. The highest BCUT2D eigenvalue weighted by atomic mass is 19.4. The molecule has 7 heteroatoms. The van der Waals surface area contributed by atoms with Crippen molar-refractivity contribution in [3.8, 4) is 0 Å². The monoisotopic (exact) mass is 264 g/mol. The molecular weight excluding hydrogens is 246 g/mol. The quantitative estimate of drug-likeness (QED) is 0.717. The largest absolute Gasteiger partial charge is 0.505 e. The molecule has 1 atom stereocenters. The van der Waals surface area contributed by atoms with Gasteiger partial charge in [0.25, 0.3) is 0 Å². The summed E-state index contributed by atoms with van der Waals surface area (Å²) in [6.07, 6.45) is -0.272. The molecular formula is C11H18BF3NO2-. The van der Waals surface area contributed by atoms with Gasteiger partial charge in [-0.2, -0.15) is 0 Å². The first-order chi connectivity index (χ1) is 8.00. The minimum Gasteiger partial charge on any atom is -0.445 e. The lowest BCUT2D eigenvalue weighted by atomic mass is 9.72. The highest BCUT2D eigenvalue weighted by Crippen LogP contribution is 2.32. The molecule has 1 saturated heterocycles. The molecule has 1 unspecified atom stereocenters. The summed E-state index contributed by atoms with van der Waals surface area (Å²) in [7, 11) is 0. The molecule has 1 fully saturated rings. The summed E-state index contributed by atoms with van der Waals surface area (Å²) in [6, 6.07) is 0. The Morgan fingerprint density at radius 1 is 1.39 bits per heavy atom. The van der Waals surface area contributed by atoms with Gasteiger partial charge in [0.2, 0.25) is 0 Å². The lowest BCUT2D eigenvalue weighted by Crippen LogP contribution is -2.36. The van der Waals surface area contributed by atoms with Gasteiger partial charge in [-0.1, -0.05) is 0 Å². The van der Waals surface area contributed by atoms with Crippen LogP contribution in [-0.4, -0.2) is 36.7 Å². The molecule has 3 nitrogen and oxygen atoms in total. The normalized spacial score (nSPS) is 21.0. The Labute approximate surface area is 105 Å². The smallest absolute Gasteiger partial charge is 0.445 e. The van der Waals surface area contributed by atoms with Gasteiger partial charge in [-0.15, -0.1) is 12.1 Å². The zero-order valence-corrected chi connectivity index (χ0v) is 10.9. The van der Waals surface area contributed by atoms with Crippen LogP contribution in [-0.2, 0) is 4.74 Å². The fourth-order valence-electron chi connectivity index (χ4n) is 1.82. The molecule has 1 amide bonds. The van der Waals surface area contributed by atoms with Crippen LogP contribution in [0.15, 0.2) is 12.1 Å². The van der Waals surface area contributed by atoms with Crippen molar-refractivity contribution in [3.05, 3.63) is 12.1 Å². The molecule has 0 N–H and O–H groups in total. The van der Waals surface area contributed by atoms with E-state index in [2.05, 4.69) is 6.58 Å². The Balaban J connectivity index is 2.57. The van der Waals surface area contributed by atoms with Crippen molar-refractivity contribution in [1.29, 1.82) is 0 Å². The van der Waals surface area contributed by atoms with Crippen LogP contribution in [0.1, 0.15) is 27.2 Å². The standard InChI is InChI=1S/C11H18BF3NO2/c1-8(12(13,14)15)9-5-6-16(7-9)10(17)18-11(2,3)4/h9H,1,5-7H2,2-4H3/q-1. The van der Waals surface area contributed by atoms with Crippen molar-refractivity contribution in [2.24, 2.45) is 5.92 Å². The Hall–Kier alpha value is -1.14. The Bertz CT molecular complexity index is 349. The van der Waals surface area contributed by atoms with E-state index < -0.39 is 30.1 Å². The minimum absolute atomic E-state index is 0.0367. The van der Waals surface area contributed by atoms with Gasteiger partial charge in [0, 0.05) is 13.1 Å². The maximum atomic E-state index is 12.5.